The van der Waals surface area contributed by atoms with Crippen LogP contribution in [0, 0.1) is 5.41 Å². The zero-order valence-electron chi connectivity index (χ0n) is 16.0. The van der Waals surface area contributed by atoms with Gasteiger partial charge in [-0.25, -0.2) is 0 Å². The highest BCUT2D eigenvalue weighted by Crippen LogP contribution is 2.24. The van der Waals surface area contributed by atoms with E-state index in [0.717, 1.165) is 19.3 Å². The molecule has 0 saturated heterocycles. The van der Waals surface area contributed by atoms with Gasteiger partial charge in [-0.2, -0.15) is 0 Å². The molecule has 5 heteroatoms. The van der Waals surface area contributed by atoms with Crippen LogP contribution < -0.4 is 0 Å². The fourth-order valence-electron chi connectivity index (χ4n) is 2.48. The number of allylic oxidation sites excluding steroid dienone is 1. The van der Waals surface area contributed by atoms with E-state index in [4.69, 9.17) is 5.11 Å². The molecule has 0 aromatic heterocycles. The van der Waals surface area contributed by atoms with E-state index < -0.39 is 29.4 Å². The van der Waals surface area contributed by atoms with Crippen LogP contribution in [-0.2, 0) is 9.59 Å². The number of aliphatic hydroxyl groups is 2. The number of unbranched alkanes of at least 4 members (excludes halogenated alkanes) is 7. The van der Waals surface area contributed by atoms with E-state index >= 15 is 0 Å². The Morgan fingerprint density at radius 3 is 2.12 bits per heavy atom. The Kier molecular flexibility index (Phi) is 12.4. The van der Waals surface area contributed by atoms with Crippen LogP contribution in [-0.4, -0.2) is 39.3 Å². The molecular weight excluding hydrogens is 320 g/mol. The monoisotopic (exact) mass is 356 g/mol. The van der Waals surface area contributed by atoms with Gasteiger partial charge in [-0.05, 0) is 45.6 Å². The van der Waals surface area contributed by atoms with Crippen molar-refractivity contribution in [2.24, 2.45) is 5.41 Å². The van der Waals surface area contributed by atoms with Crippen LogP contribution >= 0.6 is 0 Å². The zero-order chi connectivity index (χ0) is 19.3. The number of aliphatic carboxylic acids is 1. The van der Waals surface area contributed by atoms with Gasteiger partial charge < -0.3 is 15.3 Å². The minimum absolute atomic E-state index is 0.0673. The van der Waals surface area contributed by atoms with Crippen molar-refractivity contribution >= 4 is 11.8 Å². The maximum absolute atomic E-state index is 11.8. The van der Waals surface area contributed by atoms with Gasteiger partial charge in [0.1, 0.15) is 6.10 Å². The Morgan fingerprint density at radius 1 is 1.00 bits per heavy atom. The van der Waals surface area contributed by atoms with Crippen molar-refractivity contribution < 1.29 is 24.9 Å². The molecule has 2 unspecified atom stereocenters. The number of carboxylic acid groups (broad SMARTS) is 1. The van der Waals surface area contributed by atoms with E-state index in [9.17, 15) is 19.8 Å². The van der Waals surface area contributed by atoms with E-state index in [1.165, 1.54) is 38.2 Å². The number of aliphatic hydroxyl groups excluding tert-OH is 2. The third-order valence-electron chi connectivity index (χ3n) is 4.56. The molecule has 2 atom stereocenters. The number of rotatable bonds is 15. The molecule has 0 fully saturated rings. The number of hydrogen-bond acceptors (Lipinski definition) is 4. The molecule has 0 bridgehead atoms. The van der Waals surface area contributed by atoms with Crippen LogP contribution in [0.1, 0.15) is 85.0 Å². The number of carbonyl (C=O) groups excluding carboxylic acids is 1. The van der Waals surface area contributed by atoms with Crippen LogP contribution in [0.3, 0.4) is 0 Å². The molecule has 0 spiro atoms. The Balaban J connectivity index is 3.98. The van der Waals surface area contributed by atoms with Gasteiger partial charge in [-0.1, -0.05) is 51.5 Å². The van der Waals surface area contributed by atoms with E-state index in [-0.39, 0.29) is 12.8 Å². The summed E-state index contributed by atoms with van der Waals surface area (Å²) >= 11 is 0. The number of hydrogen-bond donors (Lipinski definition) is 3. The van der Waals surface area contributed by atoms with Gasteiger partial charge in [0.25, 0.3) is 0 Å². The molecule has 0 rings (SSSR count). The van der Waals surface area contributed by atoms with Crippen molar-refractivity contribution in [3.8, 4) is 0 Å². The first-order valence-corrected chi connectivity index (χ1v) is 9.52. The molecule has 146 valence electrons. The SMILES string of the molecule is CCCCCCCCC/C=C\C(=O)C(O)C(O)CCC(C)(C)C(=O)O. The normalized spacial score (nSPS) is 14.6. The lowest BCUT2D eigenvalue weighted by molar-refractivity contribution is -0.147. The Labute approximate surface area is 152 Å². The topological polar surface area (TPSA) is 94.8 Å². The second kappa shape index (κ2) is 13.1. The summed E-state index contributed by atoms with van der Waals surface area (Å²) in [5.41, 5.74) is -0.989. The quantitative estimate of drug-likeness (QED) is 0.306. The van der Waals surface area contributed by atoms with Gasteiger partial charge in [0.15, 0.2) is 5.78 Å². The first kappa shape index (κ1) is 23.8. The molecule has 0 aromatic rings. The Bertz CT molecular complexity index is 414. The summed E-state index contributed by atoms with van der Waals surface area (Å²) < 4.78 is 0. The number of carbonyl (C=O) groups is 2. The van der Waals surface area contributed by atoms with E-state index in [1.807, 2.05) is 0 Å². The predicted octanol–water partition coefficient (Wildman–Crippen LogP) is 3.87. The molecule has 0 aliphatic carbocycles. The maximum Gasteiger partial charge on any atom is 0.309 e. The van der Waals surface area contributed by atoms with Crippen molar-refractivity contribution in [3.63, 3.8) is 0 Å². The van der Waals surface area contributed by atoms with E-state index in [2.05, 4.69) is 6.92 Å². The lowest BCUT2D eigenvalue weighted by Crippen LogP contribution is -2.35. The predicted molar refractivity (Wildman–Crippen MR) is 99.4 cm³/mol. The fraction of sp³-hybridized carbons (Fsp3) is 0.800. The van der Waals surface area contributed by atoms with Crippen molar-refractivity contribution in [3.05, 3.63) is 12.2 Å². The molecule has 0 saturated carbocycles. The zero-order valence-corrected chi connectivity index (χ0v) is 16.0. The number of ketones is 1. The van der Waals surface area contributed by atoms with E-state index in [0.29, 0.717) is 0 Å². The first-order chi connectivity index (χ1) is 11.7. The van der Waals surface area contributed by atoms with Crippen molar-refractivity contribution in [2.45, 2.75) is 97.2 Å². The second-order valence-corrected chi connectivity index (χ2v) is 7.45. The van der Waals surface area contributed by atoms with E-state index in [1.54, 1.807) is 19.9 Å². The summed E-state index contributed by atoms with van der Waals surface area (Å²) in [6.45, 7) is 5.30. The summed E-state index contributed by atoms with van der Waals surface area (Å²) in [7, 11) is 0. The minimum atomic E-state index is -1.49. The highest BCUT2D eigenvalue weighted by Gasteiger charge is 2.30. The number of carboxylic acids is 1. The van der Waals surface area contributed by atoms with Crippen LogP contribution in [0.25, 0.3) is 0 Å². The molecule has 5 nitrogen and oxygen atoms in total. The van der Waals surface area contributed by atoms with Crippen molar-refractivity contribution in [1.82, 2.24) is 0 Å². The molecule has 0 aliphatic rings. The van der Waals surface area contributed by atoms with Gasteiger partial charge in [0, 0.05) is 0 Å². The lowest BCUT2D eigenvalue weighted by atomic mass is 9.86. The summed E-state index contributed by atoms with van der Waals surface area (Å²) in [5, 5.41) is 28.8. The third kappa shape index (κ3) is 11.1. The van der Waals surface area contributed by atoms with Gasteiger partial charge in [0.2, 0.25) is 0 Å². The van der Waals surface area contributed by atoms with Crippen LogP contribution in [0.15, 0.2) is 12.2 Å². The summed E-state index contributed by atoms with van der Waals surface area (Å²) in [4.78, 5) is 22.9. The molecule has 0 amide bonds. The highest BCUT2D eigenvalue weighted by atomic mass is 16.4. The molecule has 0 heterocycles. The van der Waals surface area contributed by atoms with Gasteiger partial charge in [-0.3, -0.25) is 9.59 Å². The lowest BCUT2D eigenvalue weighted by Gasteiger charge is -2.22. The molecule has 25 heavy (non-hydrogen) atoms. The Morgan fingerprint density at radius 2 is 1.56 bits per heavy atom. The summed E-state index contributed by atoms with van der Waals surface area (Å²) in [6.07, 6.45) is 9.82. The molecule has 0 aromatic carbocycles. The molecular formula is C20H36O5. The summed E-state index contributed by atoms with van der Waals surface area (Å²) in [5.74, 6) is -1.49. The summed E-state index contributed by atoms with van der Waals surface area (Å²) in [6, 6.07) is 0. The standard InChI is InChI=1S/C20H36O5/c1-4-5-6-7-8-9-10-11-12-13-16(21)18(23)17(22)14-15-20(2,3)19(24)25/h12-13,17-18,22-23H,4-11,14-15H2,1-3H3,(H,24,25)/b13-12-. The first-order valence-electron chi connectivity index (χ1n) is 9.52. The van der Waals surface area contributed by atoms with Crippen LogP contribution in [0.5, 0.6) is 0 Å². The largest absolute Gasteiger partial charge is 0.481 e. The smallest absolute Gasteiger partial charge is 0.309 e. The second-order valence-electron chi connectivity index (χ2n) is 7.45. The van der Waals surface area contributed by atoms with Crippen molar-refractivity contribution in [2.75, 3.05) is 0 Å². The average molecular weight is 357 g/mol. The van der Waals surface area contributed by atoms with Gasteiger partial charge in [0.05, 0.1) is 11.5 Å². The molecule has 0 aliphatic heterocycles. The molecule has 0 radical (unpaired) electrons. The van der Waals surface area contributed by atoms with Crippen LogP contribution in [0.4, 0.5) is 0 Å². The highest BCUT2D eigenvalue weighted by molar-refractivity contribution is 5.93. The fourth-order valence-corrected chi connectivity index (χ4v) is 2.48. The molecule has 3 N–H and O–H groups in total. The van der Waals surface area contributed by atoms with Crippen molar-refractivity contribution in [1.29, 1.82) is 0 Å². The maximum atomic E-state index is 11.8. The minimum Gasteiger partial charge on any atom is -0.481 e. The van der Waals surface area contributed by atoms with Gasteiger partial charge >= 0.3 is 5.97 Å². The van der Waals surface area contributed by atoms with Crippen LogP contribution in [0.2, 0.25) is 0 Å². The van der Waals surface area contributed by atoms with Gasteiger partial charge in [-0.15, -0.1) is 0 Å². The average Bonchev–Trinajstić information content (AvgIpc) is 2.57. The third-order valence-corrected chi connectivity index (χ3v) is 4.56. The Hall–Kier alpha value is -1.20.